The van der Waals surface area contributed by atoms with Crippen LogP contribution in [0.25, 0.3) is 6.08 Å². The molecular formula is C21H30N2O5S. The van der Waals surface area contributed by atoms with Crippen LogP contribution in [0, 0.1) is 5.92 Å². The fourth-order valence-electron chi connectivity index (χ4n) is 3.79. The Bertz CT molecular complexity index is 825. The fourth-order valence-corrected chi connectivity index (χ4v) is 5.39. The minimum absolute atomic E-state index is 0.103. The number of benzene rings is 1. The molecule has 1 aliphatic heterocycles. The van der Waals surface area contributed by atoms with Gasteiger partial charge in [0.15, 0.2) is 0 Å². The van der Waals surface area contributed by atoms with Crippen molar-refractivity contribution in [1.29, 1.82) is 0 Å². The number of sulfonamides is 1. The van der Waals surface area contributed by atoms with E-state index in [9.17, 15) is 13.2 Å². The van der Waals surface area contributed by atoms with Crippen LogP contribution >= 0.6 is 0 Å². The topological polar surface area (TPSA) is 84.9 Å². The predicted molar refractivity (Wildman–Crippen MR) is 111 cm³/mol. The van der Waals surface area contributed by atoms with E-state index >= 15 is 0 Å². The molecule has 0 aromatic heterocycles. The van der Waals surface area contributed by atoms with Gasteiger partial charge in [-0.2, -0.15) is 4.31 Å². The molecule has 1 aromatic rings. The van der Waals surface area contributed by atoms with E-state index in [-0.39, 0.29) is 16.6 Å². The summed E-state index contributed by atoms with van der Waals surface area (Å²) in [5.74, 6) is 0.687. The Labute approximate surface area is 173 Å². The Hall–Kier alpha value is -1.90. The molecule has 1 N–H and O–H groups in total. The summed E-state index contributed by atoms with van der Waals surface area (Å²) >= 11 is 0. The molecule has 0 spiro atoms. The minimum Gasteiger partial charge on any atom is -0.495 e. The third-order valence-electron chi connectivity index (χ3n) is 5.49. The molecule has 3 rings (SSSR count). The second-order valence-electron chi connectivity index (χ2n) is 7.51. The standard InChI is InChI=1S/C21H30N2O5S/c1-27-19-9-7-17(8-10-21(24)22-16-18-5-3-2-4-6-18)15-20(19)29(25,26)23-11-13-28-14-12-23/h7-10,15,18H,2-6,11-14,16H2,1H3,(H,22,24)/b10-8+. The van der Waals surface area contributed by atoms with Crippen LogP contribution in [-0.4, -0.2) is 58.6 Å². The largest absolute Gasteiger partial charge is 0.495 e. The van der Waals surface area contributed by atoms with Crippen molar-refractivity contribution >= 4 is 22.0 Å². The van der Waals surface area contributed by atoms with E-state index in [1.165, 1.54) is 49.6 Å². The van der Waals surface area contributed by atoms with Crippen molar-refractivity contribution in [2.24, 2.45) is 5.92 Å². The Morgan fingerprint density at radius 1 is 1.24 bits per heavy atom. The molecule has 1 heterocycles. The number of nitrogens with one attached hydrogen (secondary N) is 1. The summed E-state index contributed by atoms with van der Waals surface area (Å²) in [5.41, 5.74) is 0.630. The van der Waals surface area contributed by atoms with Gasteiger partial charge in [-0.1, -0.05) is 25.3 Å². The zero-order valence-corrected chi connectivity index (χ0v) is 17.7. The molecule has 7 nitrogen and oxygen atoms in total. The van der Waals surface area contributed by atoms with Crippen LogP contribution < -0.4 is 10.1 Å². The Morgan fingerprint density at radius 3 is 2.66 bits per heavy atom. The van der Waals surface area contributed by atoms with Gasteiger partial charge in [-0.25, -0.2) is 8.42 Å². The summed E-state index contributed by atoms with van der Waals surface area (Å²) in [4.78, 5) is 12.3. The molecule has 1 aromatic carbocycles. The lowest BCUT2D eigenvalue weighted by molar-refractivity contribution is -0.116. The monoisotopic (exact) mass is 422 g/mol. The molecule has 1 aliphatic carbocycles. The lowest BCUT2D eigenvalue weighted by Crippen LogP contribution is -2.40. The van der Waals surface area contributed by atoms with Crippen LogP contribution in [0.5, 0.6) is 5.75 Å². The van der Waals surface area contributed by atoms with E-state index in [1.54, 1.807) is 24.3 Å². The second-order valence-corrected chi connectivity index (χ2v) is 9.42. The molecule has 1 saturated heterocycles. The van der Waals surface area contributed by atoms with Gasteiger partial charge in [0.25, 0.3) is 0 Å². The lowest BCUT2D eigenvalue weighted by atomic mass is 9.89. The molecule has 0 atom stereocenters. The first kappa shape index (κ1) is 21.8. The molecule has 0 radical (unpaired) electrons. The summed E-state index contributed by atoms with van der Waals surface area (Å²) in [6.45, 7) is 2.08. The van der Waals surface area contributed by atoms with Gasteiger partial charge in [0.1, 0.15) is 10.6 Å². The van der Waals surface area contributed by atoms with Crippen LogP contribution in [0.15, 0.2) is 29.2 Å². The Morgan fingerprint density at radius 2 is 1.97 bits per heavy atom. The van der Waals surface area contributed by atoms with Gasteiger partial charge in [0.05, 0.1) is 20.3 Å². The Kier molecular flexibility index (Phi) is 7.69. The van der Waals surface area contributed by atoms with E-state index < -0.39 is 10.0 Å². The van der Waals surface area contributed by atoms with Crippen molar-refractivity contribution in [3.8, 4) is 5.75 Å². The highest BCUT2D eigenvalue weighted by Crippen LogP contribution is 2.29. The summed E-state index contributed by atoms with van der Waals surface area (Å²) in [7, 11) is -2.25. The molecule has 2 fully saturated rings. The van der Waals surface area contributed by atoms with Gasteiger partial charge in [-0.05, 0) is 42.5 Å². The van der Waals surface area contributed by atoms with Crippen molar-refractivity contribution in [3.05, 3.63) is 29.8 Å². The molecule has 1 amide bonds. The third-order valence-corrected chi connectivity index (χ3v) is 7.41. The first-order chi connectivity index (χ1) is 14.0. The van der Waals surface area contributed by atoms with Crippen molar-refractivity contribution in [1.82, 2.24) is 9.62 Å². The average Bonchev–Trinajstić information content (AvgIpc) is 2.77. The van der Waals surface area contributed by atoms with Gasteiger partial charge in [-0.3, -0.25) is 4.79 Å². The summed E-state index contributed by atoms with van der Waals surface area (Å²) in [6.07, 6.45) is 9.20. The van der Waals surface area contributed by atoms with E-state index in [0.29, 0.717) is 44.3 Å². The maximum atomic E-state index is 13.0. The zero-order valence-electron chi connectivity index (χ0n) is 16.9. The smallest absolute Gasteiger partial charge is 0.246 e. The first-order valence-corrected chi connectivity index (χ1v) is 11.7. The van der Waals surface area contributed by atoms with Crippen LogP contribution in [0.4, 0.5) is 0 Å². The number of hydrogen-bond acceptors (Lipinski definition) is 5. The van der Waals surface area contributed by atoms with Gasteiger partial charge in [0, 0.05) is 25.7 Å². The van der Waals surface area contributed by atoms with Crippen LogP contribution in [0.2, 0.25) is 0 Å². The van der Waals surface area contributed by atoms with E-state index in [0.717, 1.165) is 0 Å². The maximum Gasteiger partial charge on any atom is 0.246 e. The number of hydrogen-bond donors (Lipinski definition) is 1. The minimum atomic E-state index is -3.70. The van der Waals surface area contributed by atoms with Gasteiger partial charge in [-0.15, -0.1) is 0 Å². The number of carbonyl (C=O) groups excluding carboxylic acids is 1. The van der Waals surface area contributed by atoms with Gasteiger partial charge in [0.2, 0.25) is 15.9 Å². The van der Waals surface area contributed by atoms with Crippen LogP contribution in [0.1, 0.15) is 37.7 Å². The molecule has 2 aliphatic rings. The molecule has 1 saturated carbocycles. The Balaban J connectivity index is 1.69. The molecular weight excluding hydrogens is 392 g/mol. The quantitative estimate of drug-likeness (QED) is 0.682. The highest BCUT2D eigenvalue weighted by atomic mass is 32.2. The van der Waals surface area contributed by atoms with E-state index in [2.05, 4.69) is 5.32 Å². The normalized spacial score (nSPS) is 19.3. The predicted octanol–water partition coefficient (Wildman–Crippen LogP) is 2.43. The maximum absolute atomic E-state index is 13.0. The number of amides is 1. The number of carbonyl (C=O) groups is 1. The molecule has 29 heavy (non-hydrogen) atoms. The SMILES string of the molecule is COc1ccc(/C=C/C(=O)NCC2CCCCC2)cc1S(=O)(=O)N1CCOCC1. The van der Waals surface area contributed by atoms with Crippen molar-refractivity contribution in [2.45, 2.75) is 37.0 Å². The molecule has 0 unspecified atom stereocenters. The number of rotatable bonds is 7. The van der Waals surface area contributed by atoms with E-state index in [1.807, 2.05) is 0 Å². The van der Waals surface area contributed by atoms with Gasteiger partial charge >= 0.3 is 0 Å². The number of morpholine rings is 1. The first-order valence-electron chi connectivity index (χ1n) is 10.2. The van der Waals surface area contributed by atoms with Gasteiger partial charge < -0.3 is 14.8 Å². The summed E-state index contributed by atoms with van der Waals surface area (Å²) in [6, 6.07) is 4.91. The van der Waals surface area contributed by atoms with E-state index in [4.69, 9.17) is 9.47 Å². The van der Waals surface area contributed by atoms with Crippen molar-refractivity contribution in [2.75, 3.05) is 40.0 Å². The highest BCUT2D eigenvalue weighted by molar-refractivity contribution is 7.89. The average molecular weight is 423 g/mol. The summed E-state index contributed by atoms with van der Waals surface area (Å²) in [5, 5.41) is 2.95. The highest BCUT2D eigenvalue weighted by Gasteiger charge is 2.29. The second kappa shape index (κ2) is 10.2. The number of nitrogens with zero attached hydrogens (tertiary/aromatic N) is 1. The lowest BCUT2D eigenvalue weighted by Gasteiger charge is -2.26. The summed E-state index contributed by atoms with van der Waals surface area (Å²) < 4.78 is 38.0. The number of methoxy groups -OCH3 is 1. The van der Waals surface area contributed by atoms with Crippen molar-refractivity contribution in [3.63, 3.8) is 0 Å². The van der Waals surface area contributed by atoms with Crippen molar-refractivity contribution < 1.29 is 22.7 Å². The molecule has 160 valence electrons. The zero-order chi connectivity index (χ0) is 20.7. The number of ether oxygens (including phenoxy) is 2. The fraction of sp³-hybridized carbons (Fsp3) is 0.571. The van der Waals surface area contributed by atoms with Crippen LogP contribution in [0.3, 0.4) is 0 Å². The third kappa shape index (κ3) is 5.81. The molecule has 8 heteroatoms. The van der Waals surface area contributed by atoms with Crippen LogP contribution in [-0.2, 0) is 19.6 Å². The molecule has 0 bridgehead atoms.